The number of aromatic nitrogens is 2. The van der Waals surface area contributed by atoms with Crippen LogP contribution in [0.4, 0.5) is 0 Å². The number of fused-ring (bicyclic) bond motifs is 1. The first-order valence-electron chi connectivity index (χ1n) is 6.38. The Bertz CT molecular complexity index is 562. The fraction of sp³-hybridized carbons (Fsp3) is 0.467. The van der Waals surface area contributed by atoms with E-state index in [9.17, 15) is 0 Å². The molecule has 0 radical (unpaired) electrons. The molecule has 0 fully saturated rings. The number of hydrogen-bond acceptors (Lipinski definition) is 3. The van der Waals surface area contributed by atoms with Crippen LogP contribution in [-0.4, -0.2) is 17.3 Å². The van der Waals surface area contributed by atoms with Crippen LogP contribution in [0.15, 0.2) is 18.2 Å². The predicted molar refractivity (Wildman–Crippen MR) is 74.3 cm³/mol. The van der Waals surface area contributed by atoms with Crippen LogP contribution in [0.3, 0.4) is 0 Å². The highest BCUT2D eigenvalue weighted by Gasteiger charge is 2.12. The van der Waals surface area contributed by atoms with Gasteiger partial charge in [0.15, 0.2) is 0 Å². The maximum absolute atomic E-state index is 5.15. The molecule has 0 atom stereocenters. The lowest BCUT2D eigenvalue weighted by atomic mass is 9.93. The second kappa shape index (κ2) is 4.92. The van der Waals surface area contributed by atoms with Crippen molar-refractivity contribution in [3.05, 3.63) is 29.3 Å². The van der Waals surface area contributed by atoms with Gasteiger partial charge in [0.2, 0.25) is 5.88 Å². The second-order valence-electron chi connectivity index (χ2n) is 5.24. The smallest absolute Gasteiger partial charge is 0.233 e. The molecule has 1 aromatic carbocycles. The zero-order chi connectivity index (χ0) is 13.3. The highest BCUT2D eigenvalue weighted by Crippen LogP contribution is 2.29. The van der Waals surface area contributed by atoms with Gasteiger partial charge < -0.3 is 4.74 Å². The van der Waals surface area contributed by atoms with Crippen molar-refractivity contribution in [3.63, 3.8) is 0 Å². The first kappa shape index (κ1) is 12.8. The molecule has 2 aromatic rings. The third kappa shape index (κ3) is 2.30. The summed E-state index contributed by atoms with van der Waals surface area (Å²) in [7, 11) is 1.62. The van der Waals surface area contributed by atoms with Gasteiger partial charge in [0.1, 0.15) is 0 Å². The Kier molecular flexibility index (Phi) is 3.50. The monoisotopic (exact) mass is 244 g/mol. The largest absolute Gasteiger partial charge is 0.480 e. The Hall–Kier alpha value is -1.64. The van der Waals surface area contributed by atoms with Crippen molar-refractivity contribution in [2.24, 2.45) is 0 Å². The van der Waals surface area contributed by atoms with Crippen LogP contribution in [0, 0.1) is 0 Å². The molecule has 0 aliphatic heterocycles. The summed E-state index contributed by atoms with van der Waals surface area (Å²) >= 11 is 0. The summed E-state index contributed by atoms with van der Waals surface area (Å²) in [5.74, 6) is 1.51. The topological polar surface area (TPSA) is 35.0 Å². The highest BCUT2D eigenvalue weighted by molar-refractivity contribution is 5.83. The lowest BCUT2D eigenvalue weighted by Crippen LogP contribution is -1.99. The number of rotatable bonds is 3. The summed E-state index contributed by atoms with van der Waals surface area (Å²) in [4.78, 5) is 0. The van der Waals surface area contributed by atoms with E-state index < -0.39 is 0 Å². The van der Waals surface area contributed by atoms with Gasteiger partial charge in [-0.15, -0.1) is 10.2 Å². The summed E-state index contributed by atoms with van der Waals surface area (Å²) in [6.07, 6.45) is 0. The molecular formula is C15H20N2O. The van der Waals surface area contributed by atoms with Crippen LogP contribution < -0.4 is 4.74 Å². The van der Waals surface area contributed by atoms with E-state index in [4.69, 9.17) is 4.74 Å². The molecule has 96 valence electrons. The fourth-order valence-electron chi connectivity index (χ4n) is 2.06. The highest BCUT2D eigenvalue weighted by atomic mass is 16.5. The molecule has 0 saturated carbocycles. The number of ether oxygens (including phenoxy) is 1. The van der Waals surface area contributed by atoms with Gasteiger partial charge in [-0.2, -0.15) is 0 Å². The van der Waals surface area contributed by atoms with Crippen molar-refractivity contribution >= 4 is 10.9 Å². The molecule has 3 heteroatoms. The molecule has 0 aliphatic carbocycles. The molecule has 0 spiro atoms. The standard InChI is InChI=1S/C15H20N2O/c1-9(2)11-6-12-8-14(18-5)16-17-15(12)13(7-11)10(3)4/h6-10H,1-5H3. The first-order valence-corrected chi connectivity index (χ1v) is 6.38. The van der Waals surface area contributed by atoms with Gasteiger partial charge in [0, 0.05) is 11.5 Å². The van der Waals surface area contributed by atoms with Crippen molar-refractivity contribution in [1.82, 2.24) is 10.2 Å². The molecule has 0 amide bonds. The molecule has 0 N–H and O–H groups in total. The Balaban J connectivity index is 2.72. The minimum atomic E-state index is 0.439. The van der Waals surface area contributed by atoms with Crippen molar-refractivity contribution < 1.29 is 4.74 Å². The molecular weight excluding hydrogens is 224 g/mol. The summed E-state index contributed by atoms with van der Waals surface area (Å²) in [5.41, 5.74) is 3.57. The SMILES string of the molecule is COc1cc2cc(C(C)C)cc(C(C)C)c2nn1. The average molecular weight is 244 g/mol. The summed E-state index contributed by atoms with van der Waals surface area (Å²) < 4.78 is 5.15. The van der Waals surface area contributed by atoms with Gasteiger partial charge in [-0.05, 0) is 29.0 Å². The van der Waals surface area contributed by atoms with Gasteiger partial charge in [-0.1, -0.05) is 33.8 Å². The fourth-order valence-corrected chi connectivity index (χ4v) is 2.06. The second-order valence-corrected chi connectivity index (χ2v) is 5.24. The molecule has 2 rings (SSSR count). The Morgan fingerprint density at radius 1 is 0.944 bits per heavy atom. The zero-order valence-electron chi connectivity index (χ0n) is 11.7. The third-order valence-electron chi connectivity index (χ3n) is 3.22. The number of hydrogen-bond donors (Lipinski definition) is 0. The minimum Gasteiger partial charge on any atom is -0.480 e. The number of nitrogens with zero attached hydrogens (tertiary/aromatic N) is 2. The van der Waals surface area contributed by atoms with Crippen molar-refractivity contribution in [2.75, 3.05) is 7.11 Å². The van der Waals surface area contributed by atoms with E-state index in [-0.39, 0.29) is 0 Å². The molecule has 3 nitrogen and oxygen atoms in total. The lowest BCUT2D eigenvalue weighted by Gasteiger charge is -2.14. The van der Waals surface area contributed by atoms with Crippen molar-refractivity contribution in [3.8, 4) is 5.88 Å². The zero-order valence-corrected chi connectivity index (χ0v) is 11.7. The van der Waals surface area contributed by atoms with Crippen LogP contribution in [0.5, 0.6) is 5.88 Å². The Labute approximate surface area is 108 Å². The van der Waals surface area contributed by atoms with Gasteiger partial charge in [-0.3, -0.25) is 0 Å². The van der Waals surface area contributed by atoms with E-state index in [1.54, 1.807) is 7.11 Å². The molecule has 1 heterocycles. The van der Waals surface area contributed by atoms with E-state index >= 15 is 0 Å². The Morgan fingerprint density at radius 2 is 1.67 bits per heavy atom. The molecule has 1 aromatic heterocycles. The normalized spacial score (nSPS) is 11.5. The van der Waals surface area contributed by atoms with Crippen LogP contribution >= 0.6 is 0 Å². The van der Waals surface area contributed by atoms with Gasteiger partial charge in [-0.25, -0.2) is 0 Å². The predicted octanol–water partition coefficient (Wildman–Crippen LogP) is 3.89. The summed E-state index contributed by atoms with van der Waals surface area (Å²) in [6.45, 7) is 8.78. The Morgan fingerprint density at radius 3 is 2.22 bits per heavy atom. The van der Waals surface area contributed by atoms with E-state index in [1.165, 1.54) is 11.1 Å². The van der Waals surface area contributed by atoms with Gasteiger partial charge in [0.05, 0.1) is 12.6 Å². The van der Waals surface area contributed by atoms with Crippen molar-refractivity contribution in [2.45, 2.75) is 39.5 Å². The summed E-state index contributed by atoms with van der Waals surface area (Å²) in [6, 6.07) is 6.39. The van der Waals surface area contributed by atoms with Gasteiger partial charge >= 0.3 is 0 Å². The van der Waals surface area contributed by atoms with Crippen LogP contribution in [0.25, 0.3) is 10.9 Å². The average Bonchev–Trinajstić information content (AvgIpc) is 2.36. The van der Waals surface area contributed by atoms with E-state index in [2.05, 4.69) is 50.0 Å². The molecule has 0 unspecified atom stereocenters. The van der Waals surface area contributed by atoms with E-state index in [0.717, 1.165) is 10.9 Å². The number of methoxy groups -OCH3 is 1. The molecule has 0 saturated heterocycles. The first-order chi connectivity index (χ1) is 8.52. The molecule has 18 heavy (non-hydrogen) atoms. The van der Waals surface area contributed by atoms with E-state index in [1.807, 2.05) is 6.07 Å². The maximum Gasteiger partial charge on any atom is 0.233 e. The van der Waals surface area contributed by atoms with Crippen molar-refractivity contribution in [1.29, 1.82) is 0 Å². The van der Waals surface area contributed by atoms with Crippen LogP contribution in [0.2, 0.25) is 0 Å². The van der Waals surface area contributed by atoms with E-state index in [0.29, 0.717) is 17.7 Å². The van der Waals surface area contributed by atoms with Gasteiger partial charge in [0.25, 0.3) is 0 Å². The quantitative estimate of drug-likeness (QED) is 0.821. The number of benzene rings is 1. The van der Waals surface area contributed by atoms with Crippen LogP contribution in [0.1, 0.15) is 50.7 Å². The molecule has 0 aliphatic rings. The molecule has 0 bridgehead atoms. The third-order valence-corrected chi connectivity index (χ3v) is 3.22. The minimum absolute atomic E-state index is 0.439. The maximum atomic E-state index is 5.15. The lowest BCUT2D eigenvalue weighted by molar-refractivity contribution is 0.393. The summed E-state index contributed by atoms with van der Waals surface area (Å²) in [5, 5.41) is 9.48. The van der Waals surface area contributed by atoms with Crippen LogP contribution in [-0.2, 0) is 0 Å².